The third-order valence-electron chi connectivity index (χ3n) is 3.19. The average Bonchev–Trinajstić information content (AvgIpc) is 2.24. The van der Waals surface area contributed by atoms with Gasteiger partial charge in [-0.3, -0.25) is 0 Å². The lowest BCUT2D eigenvalue weighted by atomic mass is 9.90. The van der Waals surface area contributed by atoms with Crippen LogP contribution in [0.25, 0.3) is 0 Å². The van der Waals surface area contributed by atoms with Crippen molar-refractivity contribution in [2.75, 3.05) is 0 Å². The Bertz CT molecular complexity index is 129. The highest BCUT2D eigenvalue weighted by Gasteiger charge is 2.24. The Labute approximate surface area is 108 Å². The molecule has 0 radical (unpaired) electrons. The minimum absolute atomic E-state index is 0. The molecule has 0 aliphatic carbocycles. The fourth-order valence-electron chi connectivity index (χ4n) is 2.05. The first-order valence-corrected chi connectivity index (χ1v) is 7.25. The molecule has 3 N–H and O–H groups in total. The third-order valence-corrected chi connectivity index (χ3v) is 3.75. The average molecular weight is 250 g/mol. The predicted molar refractivity (Wildman–Crippen MR) is 76.8 cm³/mol. The molecule has 0 amide bonds. The van der Waals surface area contributed by atoms with Crippen LogP contribution in [0.1, 0.15) is 85.0 Å². The summed E-state index contributed by atoms with van der Waals surface area (Å²) in [6.07, 6.45) is 12.7. The highest BCUT2D eigenvalue weighted by atomic mass is 35.5. The molecule has 0 fully saturated rings. The first-order valence-electron chi connectivity index (χ1n) is 6.87. The van der Waals surface area contributed by atoms with Crippen LogP contribution in [0.2, 0.25) is 0 Å². The molecule has 0 saturated heterocycles. The van der Waals surface area contributed by atoms with Crippen molar-refractivity contribution in [1.29, 1.82) is 0 Å². The van der Waals surface area contributed by atoms with Gasteiger partial charge in [0.2, 0.25) is 0 Å². The first kappa shape index (κ1) is 18.6. The van der Waals surface area contributed by atoms with Crippen molar-refractivity contribution < 1.29 is 0 Å². The lowest BCUT2D eigenvalue weighted by Crippen LogP contribution is -2.21. The Morgan fingerprint density at radius 2 is 1.06 bits per heavy atom. The second-order valence-electron chi connectivity index (χ2n) is 4.82. The molecular weight excluding hydrogens is 218 g/mol. The fourth-order valence-corrected chi connectivity index (χ4v) is 2.45. The van der Waals surface area contributed by atoms with Crippen molar-refractivity contribution in [1.82, 2.24) is 6.15 Å². The molecule has 0 aromatic heterocycles. The molecule has 100 valence electrons. The van der Waals surface area contributed by atoms with Crippen LogP contribution in [0, 0.1) is 0 Å². The molecule has 0 aliphatic heterocycles. The Balaban J connectivity index is 0. The van der Waals surface area contributed by atoms with Gasteiger partial charge in [0, 0.05) is 4.87 Å². The number of unbranched alkanes of at least 4 members (excludes halogenated alkanes) is 4. The summed E-state index contributed by atoms with van der Waals surface area (Å²) in [6, 6.07) is 0. The molecule has 2 heteroatoms. The van der Waals surface area contributed by atoms with Crippen molar-refractivity contribution in [3.63, 3.8) is 0 Å². The molecule has 0 saturated carbocycles. The Kier molecular flexibility index (Phi) is 13.6. The molecule has 0 heterocycles. The van der Waals surface area contributed by atoms with Crippen LogP contribution in [0.3, 0.4) is 0 Å². The minimum atomic E-state index is 0. The summed E-state index contributed by atoms with van der Waals surface area (Å²) in [5, 5.41) is 0. The van der Waals surface area contributed by atoms with Crippen LogP contribution in [0.15, 0.2) is 0 Å². The van der Waals surface area contributed by atoms with Gasteiger partial charge in [-0.25, -0.2) is 0 Å². The largest absolute Gasteiger partial charge is 0.344 e. The summed E-state index contributed by atoms with van der Waals surface area (Å²) in [5.41, 5.74) is 0. The molecule has 0 aromatic carbocycles. The van der Waals surface area contributed by atoms with Gasteiger partial charge in [-0.2, -0.15) is 0 Å². The van der Waals surface area contributed by atoms with Gasteiger partial charge in [0.05, 0.1) is 0 Å². The van der Waals surface area contributed by atoms with Crippen LogP contribution in [-0.2, 0) is 0 Å². The SMILES string of the molecule is CCCCCC(Cl)(CCCC)CCCC.N. The van der Waals surface area contributed by atoms with E-state index in [1.54, 1.807) is 0 Å². The molecular formula is C14H32ClN. The van der Waals surface area contributed by atoms with E-state index in [0.29, 0.717) is 0 Å². The molecule has 0 aromatic rings. The lowest BCUT2D eigenvalue weighted by Gasteiger charge is -2.27. The Morgan fingerprint density at radius 3 is 1.44 bits per heavy atom. The maximum absolute atomic E-state index is 6.73. The van der Waals surface area contributed by atoms with E-state index in [2.05, 4.69) is 20.8 Å². The van der Waals surface area contributed by atoms with Crippen LogP contribution < -0.4 is 6.15 Å². The van der Waals surface area contributed by atoms with E-state index in [4.69, 9.17) is 11.6 Å². The van der Waals surface area contributed by atoms with Gasteiger partial charge < -0.3 is 6.15 Å². The van der Waals surface area contributed by atoms with Gasteiger partial charge in [-0.15, -0.1) is 11.6 Å². The normalized spacial score (nSPS) is 11.2. The zero-order valence-corrected chi connectivity index (χ0v) is 12.4. The summed E-state index contributed by atoms with van der Waals surface area (Å²) in [4.78, 5) is 0.126. The van der Waals surface area contributed by atoms with E-state index < -0.39 is 0 Å². The lowest BCUT2D eigenvalue weighted by molar-refractivity contribution is 0.412. The van der Waals surface area contributed by atoms with E-state index in [-0.39, 0.29) is 11.0 Å². The number of rotatable bonds is 10. The highest BCUT2D eigenvalue weighted by Crippen LogP contribution is 2.34. The number of hydrogen-bond acceptors (Lipinski definition) is 1. The molecule has 0 atom stereocenters. The van der Waals surface area contributed by atoms with Gasteiger partial charge in [-0.05, 0) is 19.3 Å². The summed E-state index contributed by atoms with van der Waals surface area (Å²) < 4.78 is 0. The number of hydrogen-bond donors (Lipinski definition) is 1. The van der Waals surface area contributed by atoms with E-state index in [1.165, 1.54) is 64.2 Å². The van der Waals surface area contributed by atoms with Crippen molar-refractivity contribution in [2.45, 2.75) is 89.9 Å². The predicted octanol–water partition coefficient (Wildman–Crippen LogP) is 6.09. The van der Waals surface area contributed by atoms with Crippen molar-refractivity contribution >= 4 is 11.6 Å². The third kappa shape index (κ3) is 9.47. The first-order chi connectivity index (χ1) is 7.18. The van der Waals surface area contributed by atoms with Gasteiger partial charge in [0.15, 0.2) is 0 Å². The van der Waals surface area contributed by atoms with Gasteiger partial charge in [0.1, 0.15) is 0 Å². The smallest absolute Gasteiger partial charge is 0.0446 e. The maximum Gasteiger partial charge on any atom is 0.0446 e. The standard InChI is InChI=1S/C14H29Cl.H3N/c1-4-7-10-13-14(15,11-8-5-2)12-9-6-3;/h4-13H2,1-3H3;1H3. The summed E-state index contributed by atoms with van der Waals surface area (Å²) in [5.74, 6) is 0. The van der Waals surface area contributed by atoms with Crippen LogP contribution in [0.5, 0.6) is 0 Å². The van der Waals surface area contributed by atoms with Crippen LogP contribution in [-0.4, -0.2) is 4.87 Å². The van der Waals surface area contributed by atoms with Crippen molar-refractivity contribution in [3.8, 4) is 0 Å². The molecule has 0 rings (SSSR count). The zero-order valence-electron chi connectivity index (χ0n) is 11.7. The highest BCUT2D eigenvalue weighted by molar-refractivity contribution is 6.23. The second kappa shape index (κ2) is 11.7. The van der Waals surface area contributed by atoms with Gasteiger partial charge >= 0.3 is 0 Å². The zero-order chi connectivity index (χ0) is 11.6. The quantitative estimate of drug-likeness (QED) is 0.369. The second-order valence-corrected chi connectivity index (χ2v) is 5.62. The molecule has 0 spiro atoms. The molecule has 1 nitrogen and oxygen atoms in total. The monoisotopic (exact) mass is 249 g/mol. The fraction of sp³-hybridized carbons (Fsp3) is 1.00. The van der Waals surface area contributed by atoms with E-state index >= 15 is 0 Å². The van der Waals surface area contributed by atoms with E-state index in [0.717, 1.165) is 0 Å². The molecule has 0 aliphatic rings. The number of alkyl halides is 1. The van der Waals surface area contributed by atoms with Gasteiger partial charge in [0.25, 0.3) is 0 Å². The van der Waals surface area contributed by atoms with Crippen LogP contribution >= 0.6 is 11.6 Å². The van der Waals surface area contributed by atoms with E-state index in [1.807, 2.05) is 0 Å². The van der Waals surface area contributed by atoms with Crippen LogP contribution in [0.4, 0.5) is 0 Å². The molecule has 16 heavy (non-hydrogen) atoms. The summed E-state index contributed by atoms with van der Waals surface area (Å²) in [7, 11) is 0. The maximum atomic E-state index is 6.73. The summed E-state index contributed by atoms with van der Waals surface area (Å²) in [6.45, 7) is 6.76. The van der Waals surface area contributed by atoms with E-state index in [9.17, 15) is 0 Å². The summed E-state index contributed by atoms with van der Waals surface area (Å²) >= 11 is 6.73. The molecule has 0 bridgehead atoms. The number of halogens is 1. The van der Waals surface area contributed by atoms with Crippen molar-refractivity contribution in [3.05, 3.63) is 0 Å². The Morgan fingerprint density at radius 1 is 0.688 bits per heavy atom. The van der Waals surface area contributed by atoms with Gasteiger partial charge in [-0.1, -0.05) is 65.7 Å². The Hall–Kier alpha value is 0.250. The minimum Gasteiger partial charge on any atom is -0.344 e. The van der Waals surface area contributed by atoms with Crippen molar-refractivity contribution in [2.24, 2.45) is 0 Å². The molecule has 0 unspecified atom stereocenters. The topological polar surface area (TPSA) is 35.0 Å².